The average Bonchev–Trinajstić information content (AvgIpc) is 4.06. The molecule has 0 bridgehead atoms. The average molecular weight is 1010 g/mol. The first-order chi connectivity index (χ1) is 39.1. The lowest BCUT2D eigenvalue weighted by Crippen LogP contribution is -1.96. The van der Waals surface area contributed by atoms with Crippen LogP contribution in [0.25, 0.3) is 150 Å². The van der Waals surface area contributed by atoms with E-state index < -0.39 is 0 Å². The lowest BCUT2D eigenvalue weighted by molar-refractivity contribution is 1.18. The van der Waals surface area contributed by atoms with Crippen LogP contribution in [0.5, 0.6) is 0 Å². The molecule has 4 nitrogen and oxygen atoms in total. The van der Waals surface area contributed by atoms with E-state index in [2.05, 4.69) is 284 Å². The van der Waals surface area contributed by atoms with Crippen LogP contribution in [-0.4, -0.2) is 19.5 Å². The molecule has 0 aliphatic heterocycles. The number of para-hydroxylation sites is 2. The van der Waals surface area contributed by atoms with Crippen molar-refractivity contribution in [3.63, 3.8) is 0 Å². The molecule has 3 heterocycles. The van der Waals surface area contributed by atoms with E-state index in [9.17, 15) is 0 Å². The maximum Gasteiger partial charge on any atom is 0.160 e. The molecule has 12 aromatic carbocycles. The first-order valence-electron chi connectivity index (χ1n) is 26.9. The molecule has 0 fully saturated rings. The van der Waals surface area contributed by atoms with Crippen LogP contribution in [-0.2, 0) is 0 Å². The molecule has 0 aliphatic carbocycles. The fourth-order valence-electron chi connectivity index (χ4n) is 11.6. The number of aromatic nitrogens is 4. The van der Waals surface area contributed by atoms with Crippen LogP contribution in [0.2, 0.25) is 0 Å². The number of nitrogens with zero attached hydrogens (tertiary/aromatic N) is 4. The molecule has 3 aromatic heterocycles. The zero-order valence-electron chi connectivity index (χ0n) is 43.0. The van der Waals surface area contributed by atoms with Crippen molar-refractivity contribution in [2.75, 3.05) is 0 Å². The maximum absolute atomic E-state index is 5.45. The van der Waals surface area contributed by atoms with E-state index in [-0.39, 0.29) is 0 Å². The van der Waals surface area contributed by atoms with E-state index in [1.807, 2.05) is 12.1 Å². The number of benzene rings is 12. The summed E-state index contributed by atoms with van der Waals surface area (Å²) in [6.45, 7) is 0. The van der Waals surface area contributed by atoms with Crippen LogP contribution in [0.15, 0.2) is 291 Å². The fourth-order valence-corrected chi connectivity index (χ4v) is 11.6. The van der Waals surface area contributed by atoms with Gasteiger partial charge in [0.25, 0.3) is 0 Å². The third-order valence-corrected chi connectivity index (χ3v) is 15.7. The summed E-state index contributed by atoms with van der Waals surface area (Å²) in [5.74, 6) is 0.684. The smallest absolute Gasteiger partial charge is 0.160 e. The molecule has 15 aromatic rings. The van der Waals surface area contributed by atoms with Gasteiger partial charge in [-0.25, -0.2) is 15.0 Å². The van der Waals surface area contributed by atoms with Crippen LogP contribution in [0.1, 0.15) is 0 Å². The van der Waals surface area contributed by atoms with Crippen molar-refractivity contribution in [3.05, 3.63) is 291 Å². The summed E-state index contributed by atoms with van der Waals surface area (Å²) in [6, 6.07) is 104. The second kappa shape index (κ2) is 19.2. The number of hydrogen-bond acceptors (Lipinski definition) is 3. The summed E-state index contributed by atoms with van der Waals surface area (Å²) < 4.78 is 2.37. The Balaban J connectivity index is 0.753. The lowest BCUT2D eigenvalue weighted by atomic mass is 9.93. The summed E-state index contributed by atoms with van der Waals surface area (Å²) in [5.41, 5.74) is 20.6. The van der Waals surface area contributed by atoms with Gasteiger partial charge in [-0.1, -0.05) is 249 Å². The van der Waals surface area contributed by atoms with Gasteiger partial charge in [0.15, 0.2) is 5.82 Å². The largest absolute Gasteiger partial charge is 0.309 e. The number of hydrogen-bond donors (Lipinski definition) is 0. The molecule has 0 radical (unpaired) electrons. The predicted molar refractivity (Wildman–Crippen MR) is 330 cm³/mol. The molecule has 79 heavy (non-hydrogen) atoms. The monoisotopic (exact) mass is 1000 g/mol. The van der Waals surface area contributed by atoms with Gasteiger partial charge in [-0.3, -0.25) is 0 Å². The standard InChI is InChI=1S/C75H48N4/c1-3-13-49(14-4-1)51-23-31-57(32-24-51)69-48-70(78-75(77-69)60-37-29-52(30-38-60)50-15-5-2-6-16-50)58-33-25-53(26-34-58)54-27-35-59(36-28-54)74-66-45-41-56-17-7-8-18-63(56)73(66)67-47-61(42-46-68(67)76-74)55-39-43-62(44-40-55)79-71-21-11-9-19-64(71)65-20-10-12-22-72(65)79/h1-48H. The van der Waals surface area contributed by atoms with Gasteiger partial charge in [0, 0.05) is 54.9 Å². The van der Waals surface area contributed by atoms with Crippen molar-refractivity contribution in [3.8, 4) is 95.4 Å². The Morgan fingerprint density at radius 3 is 1.22 bits per heavy atom. The third kappa shape index (κ3) is 8.31. The van der Waals surface area contributed by atoms with Crippen molar-refractivity contribution in [1.29, 1.82) is 0 Å². The number of rotatable bonds is 9. The Bertz CT molecular complexity index is 4600. The lowest BCUT2D eigenvalue weighted by Gasteiger charge is -2.15. The normalized spacial score (nSPS) is 11.5. The predicted octanol–water partition coefficient (Wildman–Crippen LogP) is 19.8. The van der Waals surface area contributed by atoms with Gasteiger partial charge in [0.2, 0.25) is 0 Å². The quantitative estimate of drug-likeness (QED) is 0.135. The first kappa shape index (κ1) is 45.8. The van der Waals surface area contributed by atoms with Gasteiger partial charge in [0.1, 0.15) is 0 Å². The number of pyridine rings is 1. The van der Waals surface area contributed by atoms with Gasteiger partial charge >= 0.3 is 0 Å². The Labute approximate surface area is 457 Å². The highest BCUT2D eigenvalue weighted by Crippen LogP contribution is 2.41. The highest BCUT2D eigenvalue weighted by atomic mass is 15.0. The van der Waals surface area contributed by atoms with Crippen LogP contribution in [0.3, 0.4) is 0 Å². The molecular formula is C75H48N4. The van der Waals surface area contributed by atoms with Crippen molar-refractivity contribution in [2.45, 2.75) is 0 Å². The van der Waals surface area contributed by atoms with Crippen molar-refractivity contribution in [1.82, 2.24) is 19.5 Å². The minimum atomic E-state index is 0.684. The summed E-state index contributed by atoms with van der Waals surface area (Å²) in [7, 11) is 0. The topological polar surface area (TPSA) is 43.6 Å². The minimum Gasteiger partial charge on any atom is -0.309 e. The first-order valence-corrected chi connectivity index (χ1v) is 26.9. The van der Waals surface area contributed by atoms with Gasteiger partial charge in [-0.05, 0) is 97.7 Å². The van der Waals surface area contributed by atoms with E-state index in [4.69, 9.17) is 15.0 Å². The van der Waals surface area contributed by atoms with Crippen LogP contribution in [0.4, 0.5) is 0 Å². The second-order valence-corrected chi connectivity index (χ2v) is 20.3. The van der Waals surface area contributed by atoms with E-state index in [0.29, 0.717) is 5.82 Å². The van der Waals surface area contributed by atoms with Gasteiger partial charge in [0.05, 0.1) is 33.6 Å². The highest BCUT2D eigenvalue weighted by Gasteiger charge is 2.17. The Morgan fingerprint density at radius 1 is 0.241 bits per heavy atom. The Kier molecular flexibility index (Phi) is 11.2. The maximum atomic E-state index is 5.45. The highest BCUT2D eigenvalue weighted by molar-refractivity contribution is 6.23. The molecule has 0 saturated heterocycles. The van der Waals surface area contributed by atoms with Crippen molar-refractivity contribution >= 4 is 54.3 Å². The molecule has 0 unspecified atom stereocenters. The van der Waals surface area contributed by atoms with Crippen LogP contribution in [0, 0.1) is 0 Å². The van der Waals surface area contributed by atoms with Gasteiger partial charge in [-0.15, -0.1) is 0 Å². The molecule has 0 spiro atoms. The van der Waals surface area contributed by atoms with Gasteiger partial charge in [-0.2, -0.15) is 0 Å². The zero-order valence-corrected chi connectivity index (χ0v) is 43.0. The second-order valence-electron chi connectivity index (χ2n) is 20.3. The minimum absolute atomic E-state index is 0.684. The van der Waals surface area contributed by atoms with Crippen LogP contribution >= 0.6 is 0 Å². The summed E-state index contributed by atoms with van der Waals surface area (Å²) in [4.78, 5) is 15.8. The SMILES string of the molecule is c1ccc(-c2ccc(-c3cc(-c4ccc(-c5ccc(-c6nc7ccc(-c8ccc(-n9c%10ccccc%10c%10ccccc%109)cc8)cc7c7c6ccc6ccccc67)cc5)cc4)nc(-c4ccc(-c5ccccc5)cc4)n3)cc2)cc1. The summed E-state index contributed by atoms with van der Waals surface area (Å²) in [5, 5.41) is 8.43. The molecule has 0 saturated carbocycles. The van der Waals surface area contributed by atoms with Crippen LogP contribution < -0.4 is 0 Å². The third-order valence-electron chi connectivity index (χ3n) is 15.7. The van der Waals surface area contributed by atoms with Crippen molar-refractivity contribution < 1.29 is 0 Å². The van der Waals surface area contributed by atoms with E-state index in [1.165, 1.54) is 54.7 Å². The van der Waals surface area contributed by atoms with E-state index in [0.717, 1.165) is 89.1 Å². The molecule has 0 aliphatic rings. The molecular weight excluding hydrogens is 957 g/mol. The molecule has 0 atom stereocenters. The fraction of sp³-hybridized carbons (Fsp3) is 0. The van der Waals surface area contributed by atoms with E-state index in [1.54, 1.807) is 0 Å². The molecule has 368 valence electrons. The Morgan fingerprint density at radius 2 is 0.658 bits per heavy atom. The zero-order chi connectivity index (χ0) is 52.2. The summed E-state index contributed by atoms with van der Waals surface area (Å²) >= 11 is 0. The summed E-state index contributed by atoms with van der Waals surface area (Å²) in [6.07, 6.45) is 0. The molecule has 0 N–H and O–H groups in total. The molecule has 15 rings (SSSR count). The number of fused-ring (bicyclic) bond motifs is 8. The molecule has 4 heteroatoms. The van der Waals surface area contributed by atoms with Gasteiger partial charge < -0.3 is 4.57 Å². The Hall–Kier alpha value is -10.6. The molecule has 0 amide bonds. The van der Waals surface area contributed by atoms with E-state index >= 15 is 0 Å². The van der Waals surface area contributed by atoms with Crippen molar-refractivity contribution in [2.24, 2.45) is 0 Å².